The molecule has 0 aliphatic carbocycles. The first-order chi connectivity index (χ1) is 11.4. The van der Waals surface area contributed by atoms with Crippen LogP contribution in [0.25, 0.3) is 0 Å². The minimum absolute atomic E-state index is 0.421. The summed E-state index contributed by atoms with van der Waals surface area (Å²) in [7, 11) is -12.0. The first-order valence-corrected chi connectivity index (χ1v) is 9.53. The normalized spacial score (nSPS) is 13.4. The van der Waals surface area contributed by atoms with Crippen molar-refractivity contribution in [2.75, 3.05) is 4.72 Å². The minimum atomic E-state index is -6.07. The monoisotopic (exact) mass is 397 g/mol. The first kappa shape index (κ1) is 19.2. The molecule has 0 heterocycles. The van der Waals surface area contributed by atoms with Crippen LogP contribution < -0.4 is 4.72 Å². The predicted molar refractivity (Wildman–Crippen MR) is 82.5 cm³/mol. The zero-order valence-corrected chi connectivity index (χ0v) is 13.9. The number of para-hydroxylation sites is 1. The van der Waals surface area contributed by atoms with Crippen molar-refractivity contribution < 1.29 is 34.4 Å². The molecule has 0 fully saturated rings. The Kier molecular flexibility index (Phi) is 4.83. The molecule has 0 saturated heterocycles. The second-order valence-electron chi connectivity index (χ2n) is 4.82. The molecule has 0 aliphatic heterocycles. The Morgan fingerprint density at radius 1 is 0.680 bits per heavy atom. The largest absolute Gasteiger partial charge is 0.441 e. The van der Waals surface area contributed by atoms with Gasteiger partial charge in [0.25, 0.3) is 9.84 Å². The van der Waals surface area contributed by atoms with Crippen molar-refractivity contribution in [3.63, 3.8) is 0 Å². The lowest BCUT2D eigenvalue weighted by Crippen LogP contribution is -2.53. The number of benzene rings is 2. The Morgan fingerprint density at radius 3 is 1.60 bits per heavy atom. The molecule has 0 spiro atoms. The molecule has 0 aromatic heterocycles. The van der Waals surface area contributed by atoms with E-state index in [2.05, 4.69) is 0 Å². The van der Waals surface area contributed by atoms with E-state index in [-0.39, 0.29) is 0 Å². The van der Waals surface area contributed by atoms with Crippen molar-refractivity contribution in [3.8, 4) is 0 Å². The van der Waals surface area contributed by atoms with Gasteiger partial charge < -0.3 is 0 Å². The van der Waals surface area contributed by atoms with Gasteiger partial charge in [0.15, 0.2) is 0 Å². The zero-order chi connectivity index (χ0) is 18.9. The maximum Gasteiger partial charge on any atom is 0.441 e. The fourth-order valence-electron chi connectivity index (χ4n) is 1.79. The van der Waals surface area contributed by atoms with Crippen LogP contribution in [0.4, 0.5) is 23.2 Å². The highest BCUT2D eigenvalue weighted by Gasteiger charge is 2.73. The number of rotatable bonds is 6. The van der Waals surface area contributed by atoms with Crippen LogP contribution in [0.3, 0.4) is 0 Å². The van der Waals surface area contributed by atoms with E-state index in [1.807, 2.05) is 0 Å². The molecule has 0 radical (unpaired) electrons. The maximum absolute atomic E-state index is 14.1. The van der Waals surface area contributed by atoms with Crippen LogP contribution in [0.1, 0.15) is 0 Å². The second-order valence-corrected chi connectivity index (χ2v) is 8.54. The molecule has 0 amide bonds. The molecule has 5 nitrogen and oxygen atoms in total. The van der Waals surface area contributed by atoms with Crippen LogP contribution >= 0.6 is 0 Å². The van der Waals surface area contributed by atoms with Crippen molar-refractivity contribution in [2.24, 2.45) is 0 Å². The van der Waals surface area contributed by atoms with Crippen molar-refractivity contribution in [1.29, 1.82) is 0 Å². The summed E-state index contributed by atoms with van der Waals surface area (Å²) in [4.78, 5) is -1.13. The van der Waals surface area contributed by atoms with Gasteiger partial charge in [0.2, 0.25) is 0 Å². The highest BCUT2D eigenvalue weighted by atomic mass is 32.2. The highest BCUT2D eigenvalue weighted by Crippen LogP contribution is 2.45. The van der Waals surface area contributed by atoms with Crippen LogP contribution in [0.15, 0.2) is 65.6 Å². The lowest BCUT2D eigenvalue weighted by molar-refractivity contribution is -0.0962. The van der Waals surface area contributed by atoms with Gasteiger partial charge in [-0.25, -0.2) is 8.42 Å². The fourth-order valence-corrected chi connectivity index (χ4v) is 4.46. The number of sulfone groups is 1. The first-order valence-electron chi connectivity index (χ1n) is 6.56. The average molecular weight is 397 g/mol. The second kappa shape index (κ2) is 6.30. The summed E-state index contributed by atoms with van der Waals surface area (Å²) in [6, 6.07) is 10.7. The standard InChI is InChI=1S/C14H11F4NO4S2/c15-13(16,24(20,21)12-9-5-2-6-10-12)14(17,18)25(22,23)19-11-7-3-1-4-8-11/h1-10,19H. The van der Waals surface area contributed by atoms with E-state index in [0.717, 1.165) is 24.3 Å². The van der Waals surface area contributed by atoms with E-state index in [4.69, 9.17) is 0 Å². The zero-order valence-electron chi connectivity index (χ0n) is 12.2. The summed E-state index contributed by atoms with van der Waals surface area (Å²) >= 11 is 0. The molecule has 2 aromatic carbocycles. The van der Waals surface area contributed by atoms with E-state index in [1.165, 1.54) is 29.0 Å². The van der Waals surface area contributed by atoms with Crippen LogP contribution in [0.5, 0.6) is 0 Å². The minimum Gasteiger partial charge on any atom is -0.278 e. The van der Waals surface area contributed by atoms with Crippen molar-refractivity contribution in [1.82, 2.24) is 0 Å². The smallest absolute Gasteiger partial charge is 0.278 e. The Bertz CT molecular complexity index is 947. The molecule has 0 atom stereocenters. The number of sulfonamides is 1. The number of hydrogen-bond acceptors (Lipinski definition) is 4. The molecule has 0 saturated carbocycles. The summed E-state index contributed by atoms with van der Waals surface area (Å²) in [5, 5.41) is -11.8. The summed E-state index contributed by atoms with van der Waals surface area (Å²) in [6.45, 7) is 0. The molecule has 2 aromatic rings. The summed E-state index contributed by atoms with van der Waals surface area (Å²) < 4.78 is 105. The van der Waals surface area contributed by atoms with Crippen molar-refractivity contribution >= 4 is 25.5 Å². The third-order valence-corrected chi connectivity index (χ3v) is 6.48. The number of alkyl halides is 4. The van der Waals surface area contributed by atoms with Gasteiger partial charge in [0, 0.05) is 5.69 Å². The molecule has 0 aliphatic rings. The van der Waals surface area contributed by atoms with Gasteiger partial charge in [-0.05, 0) is 24.3 Å². The van der Waals surface area contributed by atoms with Crippen molar-refractivity contribution in [3.05, 3.63) is 60.7 Å². The Hall–Kier alpha value is -2.14. The van der Waals surface area contributed by atoms with E-state index in [0.29, 0.717) is 12.1 Å². The summed E-state index contributed by atoms with van der Waals surface area (Å²) in [5.41, 5.74) is -0.421. The predicted octanol–water partition coefficient (Wildman–Crippen LogP) is 3.09. The molecular formula is C14H11F4NO4S2. The number of anilines is 1. The number of halogens is 4. The third kappa shape index (κ3) is 3.21. The van der Waals surface area contributed by atoms with Crippen LogP contribution in [0, 0.1) is 0 Å². The molecule has 1 N–H and O–H groups in total. The van der Waals surface area contributed by atoms with E-state index in [1.54, 1.807) is 0 Å². The van der Waals surface area contributed by atoms with Gasteiger partial charge in [-0.1, -0.05) is 36.4 Å². The molecule has 0 bridgehead atoms. The quantitative estimate of drug-likeness (QED) is 0.760. The topological polar surface area (TPSA) is 80.3 Å². The summed E-state index contributed by atoms with van der Waals surface area (Å²) in [6.07, 6.45) is 0. The third-order valence-electron chi connectivity index (χ3n) is 3.09. The van der Waals surface area contributed by atoms with Gasteiger partial charge in [0.05, 0.1) is 4.90 Å². The average Bonchev–Trinajstić information content (AvgIpc) is 2.55. The molecule has 2 rings (SSSR count). The van der Waals surface area contributed by atoms with Gasteiger partial charge in [-0.2, -0.15) is 26.0 Å². The lowest BCUT2D eigenvalue weighted by atomic mass is 10.3. The highest BCUT2D eigenvalue weighted by molar-refractivity contribution is 7.97. The van der Waals surface area contributed by atoms with E-state index < -0.39 is 41.0 Å². The van der Waals surface area contributed by atoms with Crippen LogP contribution in [-0.4, -0.2) is 27.3 Å². The van der Waals surface area contributed by atoms with Crippen LogP contribution in [-0.2, 0) is 19.9 Å². The molecule has 0 unspecified atom stereocenters. The van der Waals surface area contributed by atoms with E-state index in [9.17, 15) is 34.4 Å². The molecule has 25 heavy (non-hydrogen) atoms. The number of nitrogens with one attached hydrogen (secondary N) is 1. The van der Waals surface area contributed by atoms with Gasteiger partial charge in [-0.15, -0.1) is 0 Å². The molecule has 11 heteroatoms. The number of hydrogen-bond donors (Lipinski definition) is 1. The molecule has 136 valence electrons. The van der Waals surface area contributed by atoms with Gasteiger partial charge in [0.1, 0.15) is 0 Å². The lowest BCUT2D eigenvalue weighted by Gasteiger charge is -2.26. The Balaban J connectivity index is 2.49. The summed E-state index contributed by atoms with van der Waals surface area (Å²) in [5.74, 6) is 0. The maximum atomic E-state index is 14.1. The Morgan fingerprint density at radius 2 is 1.12 bits per heavy atom. The van der Waals surface area contributed by atoms with Crippen molar-refractivity contribution in [2.45, 2.75) is 15.4 Å². The van der Waals surface area contributed by atoms with Gasteiger partial charge in [-0.3, -0.25) is 4.72 Å². The fraction of sp³-hybridized carbons (Fsp3) is 0.143. The molecular weight excluding hydrogens is 386 g/mol. The SMILES string of the molecule is O=S(=O)(Nc1ccccc1)C(F)(F)C(F)(F)S(=O)(=O)c1ccccc1. The Labute approximate surface area is 141 Å². The van der Waals surface area contributed by atoms with Crippen LogP contribution in [0.2, 0.25) is 0 Å². The van der Waals surface area contributed by atoms with E-state index >= 15 is 0 Å². The van der Waals surface area contributed by atoms with Gasteiger partial charge >= 0.3 is 20.5 Å².